The largest absolute Gasteiger partial charge is 0.497 e. The molecule has 176 valence electrons. The smallest absolute Gasteiger partial charge is 0.327 e. The molecule has 35 heavy (non-hydrogen) atoms. The number of benzene rings is 3. The van der Waals surface area contributed by atoms with Crippen molar-refractivity contribution in [3.8, 4) is 17.1 Å². The summed E-state index contributed by atoms with van der Waals surface area (Å²) >= 11 is 1.66. The molecule has 0 saturated carbocycles. The number of hydrogen-bond acceptors (Lipinski definition) is 6. The number of methoxy groups -OCH3 is 1. The quantitative estimate of drug-likeness (QED) is 0.330. The summed E-state index contributed by atoms with van der Waals surface area (Å²) in [5, 5.41) is 7.36. The van der Waals surface area contributed by atoms with Gasteiger partial charge >= 0.3 is 6.03 Å². The van der Waals surface area contributed by atoms with Crippen LogP contribution in [0.15, 0.2) is 94.0 Å². The number of anilines is 1. The van der Waals surface area contributed by atoms with Crippen LogP contribution >= 0.6 is 11.8 Å². The summed E-state index contributed by atoms with van der Waals surface area (Å²) in [6.45, 7) is 1.89. The fourth-order valence-electron chi connectivity index (χ4n) is 4.16. The number of amides is 2. The molecule has 1 unspecified atom stereocenters. The summed E-state index contributed by atoms with van der Waals surface area (Å²) in [4.78, 5) is 20.8. The highest BCUT2D eigenvalue weighted by Crippen LogP contribution is 2.40. The van der Waals surface area contributed by atoms with Gasteiger partial charge in [0.2, 0.25) is 5.82 Å². The lowest BCUT2D eigenvalue weighted by Crippen LogP contribution is -2.46. The van der Waals surface area contributed by atoms with E-state index in [1.807, 2.05) is 92.0 Å². The van der Waals surface area contributed by atoms with Crippen LogP contribution in [0, 0.1) is 0 Å². The molecule has 1 aliphatic heterocycles. The van der Waals surface area contributed by atoms with Gasteiger partial charge in [0, 0.05) is 22.2 Å². The Labute approximate surface area is 207 Å². The molecule has 3 aromatic carbocycles. The standard InChI is InChI=1S/C27H24N4O3S/c1-17-23(26-29-25(30-34-26)19-8-5-4-6-9-19)24(18-12-14-22(35-3)15-13-18)28-27(32)31(17)20-10-7-11-21(16-20)33-2/h4-16,24H,1-3H3,(H,28,32). The third-order valence-corrected chi connectivity index (χ3v) is 6.68. The topological polar surface area (TPSA) is 80.5 Å². The lowest BCUT2D eigenvalue weighted by Gasteiger charge is -2.35. The number of carbonyl (C=O) groups is 1. The van der Waals surface area contributed by atoms with Crippen molar-refractivity contribution in [1.82, 2.24) is 15.5 Å². The third-order valence-electron chi connectivity index (χ3n) is 5.93. The van der Waals surface area contributed by atoms with E-state index in [1.54, 1.807) is 23.8 Å². The van der Waals surface area contributed by atoms with Crippen molar-refractivity contribution in [1.29, 1.82) is 0 Å². The maximum Gasteiger partial charge on any atom is 0.327 e. The van der Waals surface area contributed by atoms with Crippen molar-refractivity contribution < 1.29 is 14.1 Å². The number of nitrogens with one attached hydrogen (secondary N) is 1. The molecule has 0 bridgehead atoms. The van der Waals surface area contributed by atoms with Crippen LogP contribution in [0.1, 0.15) is 24.4 Å². The van der Waals surface area contributed by atoms with Crippen LogP contribution in [-0.2, 0) is 0 Å². The SMILES string of the molecule is COc1cccc(N2C(=O)NC(c3ccc(SC)cc3)C(c3nc(-c4ccccc4)no3)=C2C)c1. The summed E-state index contributed by atoms with van der Waals surface area (Å²) in [5.74, 6) is 1.50. The number of thioether (sulfide) groups is 1. The van der Waals surface area contributed by atoms with E-state index in [1.165, 1.54) is 0 Å². The molecule has 7 nitrogen and oxygen atoms in total. The zero-order valence-electron chi connectivity index (χ0n) is 19.6. The highest BCUT2D eigenvalue weighted by Gasteiger charge is 2.36. The highest BCUT2D eigenvalue weighted by atomic mass is 32.2. The monoisotopic (exact) mass is 484 g/mol. The van der Waals surface area contributed by atoms with Gasteiger partial charge in [0.1, 0.15) is 5.75 Å². The summed E-state index contributed by atoms with van der Waals surface area (Å²) in [7, 11) is 1.60. The number of ether oxygens (including phenoxy) is 1. The van der Waals surface area contributed by atoms with Crippen molar-refractivity contribution in [3.63, 3.8) is 0 Å². The molecule has 0 radical (unpaired) electrons. The number of aromatic nitrogens is 2. The number of hydrogen-bond donors (Lipinski definition) is 1. The van der Waals surface area contributed by atoms with Gasteiger partial charge in [-0.15, -0.1) is 11.8 Å². The van der Waals surface area contributed by atoms with Crippen LogP contribution in [0.5, 0.6) is 5.75 Å². The average Bonchev–Trinajstić information content (AvgIpc) is 3.39. The van der Waals surface area contributed by atoms with Gasteiger partial charge in [-0.3, -0.25) is 4.90 Å². The molecule has 8 heteroatoms. The summed E-state index contributed by atoms with van der Waals surface area (Å²) in [6.07, 6.45) is 2.03. The molecule has 1 aliphatic rings. The molecule has 2 heterocycles. The van der Waals surface area contributed by atoms with E-state index in [0.29, 0.717) is 28.8 Å². The van der Waals surface area contributed by atoms with E-state index in [-0.39, 0.29) is 6.03 Å². The van der Waals surface area contributed by atoms with Gasteiger partial charge < -0.3 is 14.6 Å². The molecule has 0 fully saturated rings. The molecule has 4 aromatic rings. The van der Waals surface area contributed by atoms with E-state index < -0.39 is 6.04 Å². The van der Waals surface area contributed by atoms with Crippen LogP contribution in [-0.4, -0.2) is 29.5 Å². The van der Waals surface area contributed by atoms with Crippen molar-refractivity contribution in [2.45, 2.75) is 17.9 Å². The lowest BCUT2D eigenvalue weighted by molar-refractivity contribution is 0.244. The molecule has 5 rings (SSSR count). The maximum absolute atomic E-state index is 13.4. The Bertz CT molecular complexity index is 1380. The number of nitrogens with zero attached hydrogens (tertiary/aromatic N) is 3. The predicted octanol–water partition coefficient (Wildman–Crippen LogP) is 6.17. The summed E-state index contributed by atoms with van der Waals surface area (Å²) < 4.78 is 11.1. The zero-order chi connectivity index (χ0) is 24.4. The first-order chi connectivity index (χ1) is 17.1. The number of allylic oxidation sites excluding steroid dienone is 1. The van der Waals surface area contributed by atoms with E-state index in [0.717, 1.165) is 21.6 Å². The van der Waals surface area contributed by atoms with Crippen LogP contribution in [0.3, 0.4) is 0 Å². The van der Waals surface area contributed by atoms with Crippen molar-refractivity contribution in [2.24, 2.45) is 0 Å². The Morgan fingerprint density at radius 3 is 2.51 bits per heavy atom. The first-order valence-corrected chi connectivity index (χ1v) is 12.3. The minimum absolute atomic E-state index is 0.249. The lowest BCUT2D eigenvalue weighted by atomic mass is 9.94. The van der Waals surface area contributed by atoms with Crippen molar-refractivity contribution in [3.05, 3.63) is 96.0 Å². The molecule has 2 amide bonds. The fraction of sp³-hybridized carbons (Fsp3) is 0.148. The van der Waals surface area contributed by atoms with Gasteiger partial charge in [-0.05, 0) is 43.0 Å². The fourth-order valence-corrected chi connectivity index (χ4v) is 4.57. The Balaban J connectivity index is 1.65. The predicted molar refractivity (Wildman–Crippen MR) is 137 cm³/mol. The van der Waals surface area contributed by atoms with E-state index in [4.69, 9.17) is 14.2 Å². The normalized spacial score (nSPS) is 15.8. The highest BCUT2D eigenvalue weighted by molar-refractivity contribution is 7.98. The van der Waals surface area contributed by atoms with Gasteiger partial charge in [0.05, 0.1) is 24.4 Å². The summed E-state index contributed by atoms with van der Waals surface area (Å²) in [5.41, 5.74) is 3.89. The first-order valence-electron chi connectivity index (χ1n) is 11.1. The van der Waals surface area contributed by atoms with Gasteiger partial charge in [-0.2, -0.15) is 4.98 Å². The van der Waals surface area contributed by atoms with Gasteiger partial charge in [-0.25, -0.2) is 4.79 Å². The van der Waals surface area contributed by atoms with E-state index in [9.17, 15) is 4.79 Å². The Morgan fingerprint density at radius 1 is 1.03 bits per heavy atom. The van der Waals surface area contributed by atoms with Crippen LogP contribution in [0.25, 0.3) is 17.0 Å². The van der Waals surface area contributed by atoms with Crippen LogP contribution in [0.2, 0.25) is 0 Å². The number of rotatable bonds is 6. The van der Waals surface area contributed by atoms with Crippen LogP contribution in [0.4, 0.5) is 10.5 Å². The summed E-state index contributed by atoms with van der Waals surface area (Å²) in [6, 6.07) is 24.4. The second-order valence-electron chi connectivity index (χ2n) is 7.98. The van der Waals surface area contributed by atoms with Crippen LogP contribution < -0.4 is 15.0 Å². The number of urea groups is 1. The van der Waals surface area contributed by atoms with Gasteiger partial charge in [-0.1, -0.05) is 53.7 Å². The minimum Gasteiger partial charge on any atom is -0.497 e. The number of carbonyl (C=O) groups excluding carboxylic acids is 1. The Kier molecular flexibility index (Phi) is 6.29. The second-order valence-corrected chi connectivity index (χ2v) is 8.86. The van der Waals surface area contributed by atoms with E-state index >= 15 is 0 Å². The van der Waals surface area contributed by atoms with Gasteiger partial charge in [0.15, 0.2) is 0 Å². The molecule has 1 N–H and O–H groups in total. The molecule has 1 atom stereocenters. The maximum atomic E-state index is 13.4. The van der Waals surface area contributed by atoms with Crippen molar-refractivity contribution in [2.75, 3.05) is 18.3 Å². The first kappa shape index (κ1) is 22.7. The molecular weight excluding hydrogens is 460 g/mol. The zero-order valence-corrected chi connectivity index (χ0v) is 20.4. The molecule has 0 saturated heterocycles. The van der Waals surface area contributed by atoms with Crippen molar-refractivity contribution >= 4 is 29.1 Å². The van der Waals surface area contributed by atoms with E-state index in [2.05, 4.69) is 10.5 Å². The molecule has 0 aliphatic carbocycles. The Morgan fingerprint density at radius 2 is 1.80 bits per heavy atom. The molecule has 0 spiro atoms. The second kappa shape index (κ2) is 9.68. The Hall–Kier alpha value is -4.04. The average molecular weight is 485 g/mol. The third kappa shape index (κ3) is 4.40. The molecule has 1 aromatic heterocycles. The van der Waals surface area contributed by atoms with Gasteiger partial charge in [0.25, 0.3) is 5.89 Å². The molecular formula is C27H24N4O3S. The minimum atomic E-state index is -0.454.